The van der Waals surface area contributed by atoms with E-state index in [-0.39, 0.29) is 4.90 Å². The van der Waals surface area contributed by atoms with Crippen molar-refractivity contribution in [2.45, 2.75) is 44.7 Å². The maximum Gasteiger partial charge on any atom is 0.417 e. The van der Waals surface area contributed by atoms with E-state index in [2.05, 4.69) is 4.74 Å². The number of aliphatic hydroxyl groups is 1. The molecule has 5 nitrogen and oxygen atoms in total. The first kappa shape index (κ1) is 13.8. The van der Waals surface area contributed by atoms with Gasteiger partial charge in [-0.15, -0.1) is 0 Å². The van der Waals surface area contributed by atoms with Gasteiger partial charge < -0.3 is 9.84 Å². The summed E-state index contributed by atoms with van der Waals surface area (Å²) in [5, 5.41) is 8.91. The number of alkyl halides is 3. The van der Waals surface area contributed by atoms with Gasteiger partial charge in [0.1, 0.15) is 5.60 Å². The van der Waals surface area contributed by atoms with Gasteiger partial charge in [-0.3, -0.25) is 4.79 Å². The third-order valence-electron chi connectivity index (χ3n) is 1.99. The summed E-state index contributed by atoms with van der Waals surface area (Å²) in [6.45, 7) is 4.36. The second-order valence-corrected chi connectivity index (χ2v) is 4.62. The molecule has 0 aromatic rings. The van der Waals surface area contributed by atoms with E-state index in [1.807, 2.05) is 0 Å². The highest BCUT2D eigenvalue weighted by atomic mass is 19.4. The molecule has 0 spiro atoms. The normalized spacial score (nSPS) is 25.6. The average molecular weight is 255 g/mol. The highest BCUT2D eigenvalue weighted by molar-refractivity contribution is 6.01. The zero-order chi connectivity index (χ0) is 13.6. The summed E-state index contributed by atoms with van der Waals surface area (Å²) in [6, 6.07) is -2.52. The van der Waals surface area contributed by atoms with E-state index in [1.54, 1.807) is 0 Å². The first-order valence-corrected chi connectivity index (χ1v) is 4.76. The monoisotopic (exact) mass is 255 g/mol. The van der Waals surface area contributed by atoms with Crippen molar-refractivity contribution >= 4 is 12.0 Å². The van der Waals surface area contributed by atoms with Crippen LogP contribution in [0.2, 0.25) is 0 Å². The molecule has 17 heavy (non-hydrogen) atoms. The maximum atomic E-state index is 12.4. The van der Waals surface area contributed by atoms with Crippen LogP contribution in [0.15, 0.2) is 0 Å². The number of nitrogens with zero attached hydrogens (tertiary/aromatic N) is 1. The van der Waals surface area contributed by atoms with Crippen molar-refractivity contribution in [2.24, 2.45) is 0 Å². The van der Waals surface area contributed by atoms with Crippen LogP contribution in [0.3, 0.4) is 0 Å². The lowest BCUT2D eigenvalue weighted by Gasteiger charge is -2.43. The minimum atomic E-state index is -4.87. The van der Waals surface area contributed by atoms with E-state index in [9.17, 15) is 22.8 Å². The average Bonchev–Trinajstić information content (AvgIpc) is 2.06. The van der Waals surface area contributed by atoms with Gasteiger partial charge >= 0.3 is 12.3 Å². The smallest absolute Gasteiger partial charge is 0.417 e. The summed E-state index contributed by atoms with van der Waals surface area (Å²) in [7, 11) is 0. The lowest BCUT2D eigenvalue weighted by atomic mass is 9.98. The van der Waals surface area contributed by atoms with Gasteiger partial charge in [0.2, 0.25) is 0 Å². The number of β-lactam (4-membered cyclic amide) rings is 1. The Morgan fingerprint density at radius 3 is 2.18 bits per heavy atom. The predicted octanol–water partition coefficient (Wildman–Crippen LogP) is 1.06. The van der Waals surface area contributed by atoms with Gasteiger partial charge in [-0.05, 0) is 20.8 Å². The van der Waals surface area contributed by atoms with E-state index < -0.39 is 35.9 Å². The van der Waals surface area contributed by atoms with Crippen molar-refractivity contribution in [3.05, 3.63) is 0 Å². The van der Waals surface area contributed by atoms with Crippen LogP contribution < -0.4 is 0 Å². The highest BCUT2D eigenvalue weighted by Crippen LogP contribution is 2.35. The van der Waals surface area contributed by atoms with Crippen molar-refractivity contribution in [1.82, 2.24) is 4.90 Å². The minimum absolute atomic E-state index is 0.115. The zero-order valence-corrected chi connectivity index (χ0v) is 9.41. The number of carbonyl (C=O) groups excluding carboxylic acids is 2. The number of carbonyl (C=O) groups is 2. The standard InChI is InChI=1S/C9H12F3NO4/c1-8(2,3)17-7(16)13-5(9(10,11)12)4(14)6(13)15/h4-5,14H,1-3H3/t4-,5-/m0/s1. The molecule has 1 N–H and O–H groups in total. The van der Waals surface area contributed by atoms with Crippen LogP contribution in [-0.2, 0) is 9.53 Å². The largest absolute Gasteiger partial charge is 0.443 e. The van der Waals surface area contributed by atoms with E-state index in [1.165, 1.54) is 20.8 Å². The molecule has 98 valence electrons. The highest BCUT2D eigenvalue weighted by Gasteiger charge is 2.63. The van der Waals surface area contributed by atoms with Crippen LogP contribution in [0.5, 0.6) is 0 Å². The Kier molecular flexibility index (Phi) is 3.13. The van der Waals surface area contributed by atoms with Gasteiger partial charge in [0.25, 0.3) is 5.91 Å². The Bertz CT molecular complexity index is 347. The Balaban J connectivity index is 2.83. The third kappa shape index (κ3) is 2.68. The van der Waals surface area contributed by atoms with E-state index in [0.717, 1.165) is 0 Å². The van der Waals surface area contributed by atoms with E-state index in [0.29, 0.717) is 0 Å². The van der Waals surface area contributed by atoms with Crippen LogP contribution in [0.1, 0.15) is 20.8 Å². The van der Waals surface area contributed by atoms with Crippen LogP contribution in [0.25, 0.3) is 0 Å². The van der Waals surface area contributed by atoms with Crippen LogP contribution in [0, 0.1) is 0 Å². The number of halogens is 3. The number of imide groups is 1. The zero-order valence-electron chi connectivity index (χ0n) is 9.41. The Morgan fingerprint density at radius 2 is 1.82 bits per heavy atom. The summed E-state index contributed by atoms with van der Waals surface area (Å²) in [5.74, 6) is -1.30. The fraction of sp³-hybridized carbons (Fsp3) is 0.778. The number of rotatable bonds is 0. The molecule has 1 aliphatic heterocycles. The summed E-state index contributed by atoms with van der Waals surface area (Å²) in [6.07, 6.45) is -8.51. The molecule has 1 heterocycles. The molecule has 0 unspecified atom stereocenters. The minimum Gasteiger partial charge on any atom is -0.443 e. The maximum absolute atomic E-state index is 12.4. The molecule has 2 amide bonds. The Hall–Kier alpha value is -1.31. The second kappa shape index (κ2) is 3.86. The SMILES string of the molecule is CC(C)(C)OC(=O)N1C(=O)[C@@H](O)[C@H]1C(F)(F)F. The molecular formula is C9H12F3NO4. The summed E-state index contributed by atoms with van der Waals surface area (Å²) >= 11 is 0. The molecule has 0 aromatic carbocycles. The summed E-state index contributed by atoms with van der Waals surface area (Å²) in [4.78, 5) is 22.2. The van der Waals surface area contributed by atoms with Gasteiger partial charge in [0.05, 0.1) is 0 Å². The predicted molar refractivity (Wildman–Crippen MR) is 48.9 cm³/mol. The van der Waals surface area contributed by atoms with Gasteiger partial charge in [-0.1, -0.05) is 0 Å². The Labute approximate surface area is 95.1 Å². The van der Waals surface area contributed by atoms with Gasteiger partial charge in [0, 0.05) is 0 Å². The van der Waals surface area contributed by atoms with Crippen molar-refractivity contribution in [3.63, 3.8) is 0 Å². The molecule has 1 saturated heterocycles. The topological polar surface area (TPSA) is 66.8 Å². The first-order valence-electron chi connectivity index (χ1n) is 4.76. The third-order valence-corrected chi connectivity index (χ3v) is 1.99. The molecule has 1 fully saturated rings. The van der Waals surface area contributed by atoms with E-state index >= 15 is 0 Å². The lowest BCUT2D eigenvalue weighted by Crippen LogP contribution is -2.72. The molecule has 2 atom stereocenters. The molecule has 8 heteroatoms. The first-order chi connectivity index (χ1) is 7.45. The fourth-order valence-electron chi connectivity index (χ4n) is 1.31. The van der Waals surface area contributed by atoms with Crippen molar-refractivity contribution in [1.29, 1.82) is 0 Å². The molecular weight excluding hydrogens is 243 g/mol. The number of aliphatic hydroxyl groups excluding tert-OH is 1. The molecule has 0 aromatic heterocycles. The van der Waals surface area contributed by atoms with Gasteiger partial charge in [0.15, 0.2) is 12.1 Å². The lowest BCUT2D eigenvalue weighted by molar-refractivity contribution is -0.236. The molecule has 0 aliphatic carbocycles. The van der Waals surface area contributed by atoms with E-state index in [4.69, 9.17) is 5.11 Å². The fourth-order valence-corrected chi connectivity index (χ4v) is 1.31. The van der Waals surface area contributed by atoms with Crippen LogP contribution in [-0.4, -0.2) is 45.9 Å². The summed E-state index contributed by atoms with van der Waals surface area (Å²) in [5.41, 5.74) is -1.02. The number of amides is 2. The molecule has 1 aliphatic rings. The number of hydrogen-bond donors (Lipinski definition) is 1. The molecule has 0 radical (unpaired) electrons. The number of hydrogen-bond acceptors (Lipinski definition) is 4. The number of ether oxygens (including phenoxy) is 1. The van der Waals surface area contributed by atoms with Gasteiger partial charge in [-0.25, -0.2) is 9.69 Å². The van der Waals surface area contributed by atoms with Crippen molar-refractivity contribution < 1.29 is 32.6 Å². The number of likely N-dealkylation sites (tertiary alicyclic amines) is 1. The molecule has 0 saturated carbocycles. The molecule has 0 bridgehead atoms. The van der Waals surface area contributed by atoms with Crippen LogP contribution in [0.4, 0.5) is 18.0 Å². The van der Waals surface area contributed by atoms with Crippen molar-refractivity contribution in [3.8, 4) is 0 Å². The quantitative estimate of drug-likeness (QED) is 0.657. The van der Waals surface area contributed by atoms with Gasteiger partial charge in [-0.2, -0.15) is 13.2 Å². The van der Waals surface area contributed by atoms with Crippen molar-refractivity contribution in [2.75, 3.05) is 0 Å². The summed E-state index contributed by atoms with van der Waals surface area (Å²) < 4.78 is 41.9. The second-order valence-electron chi connectivity index (χ2n) is 4.62. The Morgan fingerprint density at radius 1 is 1.35 bits per heavy atom. The van der Waals surface area contributed by atoms with Crippen LogP contribution >= 0.6 is 0 Å². The molecule has 1 rings (SSSR count).